The van der Waals surface area contributed by atoms with E-state index in [1.165, 1.54) is 6.92 Å². The molecule has 0 saturated heterocycles. The molecular formula is C13H17NO4. The van der Waals surface area contributed by atoms with Crippen LogP contribution in [0.3, 0.4) is 0 Å². The van der Waals surface area contributed by atoms with Gasteiger partial charge in [-0.2, -0.15) is 0 Å². The Labute approximate surface area is 106 Å². The first kappa shape index (κ1) is 14.0. The number of aryl methyl sites for hydroxylation is 1. The topological polar surface area (TPSA) is 75.6 Å². The normalized spacial score (nSPS) is 11.7. The Morgan fingerprint density at radius 2 is 2.06 bits per heavy atom. The third kappa shape index (κ3) is 4.08. The van der Waals surface area contributed by atoms with Gasteiger partial charge in [0.25, 0.3) is 0 Å². The molecule has 1 unspecified atom stereocenters. The number of nitrogens with one attached hydrogen (secondary N) is 1. The number of rotatable bonds is 6. The number of carbonyl (C=O) groups is 2. The minimum absolute atomic E-state index is 0.0913. The number of hydrogen-bond donors (Lipinski definition) is 2. The molecule has 2 N–H and O–H groups in total. The van der Waals surface area contributed by atoms with Crippen molar-refractivity contribution >= 4 is 11.9 Å². The predicted molar refractivity (Wildman–Crippen MR) is 66.6 cm³/mol. The Morgan fingerprint density at radius 3 is 2.61 bits per heavy atom. The van der Waals surface area contributed by atoms with Crippen molar-refractivity contribution in [2.24, 2.45) is 0 Å². The maximum Gasteiger partial charge on any atom is 0.329 e. The van der Waals surface area contributed by atoms with E-state index in [0.29, 0.717) is 5.75 Å². The lowest BCUT2D eigenvalue weighted by atomic mass is 10.1. The number of para-hydroxylation sites is 1. The molecule has 1 atom stereocenters. The van der Waals surface area contributed by atoms with Crippen LogP contribution in [0.5, 0.6) is 5.75 Å². The van der Waals surface area contributed by atoms with Crippen LogP contribution in [0.15, 0.2) is 24.3 Å². The molecule has 1 rings (SSSR count). The van der Waals surface area contributed by atoms with Gasteiger partial charge in [0.15, 0.2) is 6.04 Å². The zero-order valence-corrected chi connectivity index (χ0v) is 10.5. The highest BCUT2D eigenvalue weighted by Crippen LogP contribution is 2.18. The number of carboxylic acids is 1. The lowest BCUT2D eigenvalue weighted by molar-refractivity contribution is -0.142. The zero-order chi connectivity index (χ0) is 13.5. The fourth-order valence-corrected chi connectivity index (χ4v) is 1.53. The van der Waals surface area contributed by atoms with E-state index in [-0.39, 0.29) is 6.61 Å². The summed E-state index contributed by atoms with van der Waals surface area (Å²) in [6, 6.07) is 6.39. The van der Waals surface area contributed by atoms with Gasteiger partial charge in [0.1, 0.15) is 12.4 Å². The van der Waals surface area contributed by atoms with E-state index in [0.717, 1.165) is 12.0 Å². The molecule has 0 radical (unpaired) electrons. The van der Waals surface area contributed by atoms with Crippen LogP contribution in [0.4, 0.5) is 0 Å². The molecule has 0 heterocycles. The molecule has 0 spiro atoms. The molecule has 1 aromatic carbocycles. The fourth-order valence-electron chi connectivity index (χ4n) is 1.53. The van der Waals surface area contributed by atoms with E-state index in [4.69, 9.17) is 9.84 Å². The minimum atomic E-state index is -1.11. The maximum absolute atomic E-state index is 10.9. The molecule has 18 heavy (non-hydrogen) atoms. The predicted octanol–water partition coefficient (Wildman–Crippen LogP) is 1.22. The summed E-state index contributed by atoms with van der Waals surface area (Å²) in [7, 11) is 0. The van der Waals surface area contributed by atoms with Crippen LogP contribution in [0.2, 0.25) is 0 Å². The Morgan fingerprint density at radius 1 is 1.39 bits per heavy atom. The average Bonchev–Trinajstić information content (AvgIpc) is 2.34. The van der Waals surface area contributed by atoms with Gasteiger partial charge >= 0.3 is 5.97 Å². The number of hydrogen-bond acceptors (Lipinski definition) is 3. The van der Waals surface area contributed by atoms with E-state index in [9.17, 15) is 9.59 Å². The second-order valence-corrected chi connectivity index (χ2v) is 3.86. The van der Waals surface area contributed by atoms with Crippen LogP contribution in [-0.4, -0.2) is 29.6 Å². The summed E-state index contributed by atoms with van der Waals surface area (Å²) in [6.07, 6.45) is 0.800. The SMILES string of the molecule is CCc1ccccc1OCC(NC(C)=O)C(=O)O. The van der Waals surface area contributed by atoms with Crippen molar-refractivity contribution in [1.29, 1.82) is 0 Å². The third-order valence-corrected chi connectivity index (χ3v) is 2.43. The van der Waals surface area contributed by atoms with Gasteiger partial charge in [-0.25, -0.2) is 4.79 Å². The summed E-state index contributed by atoms with van der Waals surface area (Å²) in [5.74, 6) is -0.856. The van der Waals surface area contributed by atoms with E-state index < -0.39 is 17.9 Å². The van der Waals surface area contributed by atoms with Crippen molar-refractivity contribution in [2.75, 3.05) is 6.61 Å². The number of amides is 1. The van der Waals surface area contributed by atoms with Crippen LogP contribution in [0, 0.1) is 0 Å². The van der Waals surface area contributed by atoms with Gasteiger partial charge in [-0.3, -0.25) is 4.79 Å². The quantitative estimate of drug-likeness (QED) is 0.797. The Kier molecular flexibility index (Phi) is 5.17. The first-order valence-corrected chi connectivity index (χ1v) is 5.75. The van der Waals surface area contributed by atoms with Crippen LogP contribution < -0.4 is 10.1 Å². The van der Waals surface area contributed by atoms with Gasteiger partial charge in [-0.05, 0) is 18.1 Å². The summed E-state index contributed by atoms with van der Waals surface area (Å²) < 4.78 is 5.46. The second kappa shape index (κ2) is 6.64. The standard InChI is InChI=1S/C13H17NO4/c1-3-10-6-4-5-7-12(10)18-8-11(13(16)17)14-9(2)15/h4-7,11H,3,8H2,1-2H3,(H,14,15)(H,16,17). The molecular weight excluding hydrogens is 234 g/mol. The smallest absolute Gasteiger partial charge is 0.329 e. The monoisotopic (exact) mass is 251 g/mol. The van der Waals surface area contributed by atoms with Gasteiger partial charge < -0.3 is 15.2 Å². The number of ether oxygens (including phenoxy) is 1. The molecule has 1 amide bonds. The molecule has 0 aliphatic heterocycles. The van der Waals surface area contributed by atoms with E-state index in [1.54, 1.807) is 6.07 Å². The van der Waals surface area contributed by atoms with Crippen LogP contribution >= 0.6 is 0 Å². The van der Waals surface area contributed by atoms with Crippen molar-refractivity contribution in [2.45, 2.75) is 26.3 Å². The average molecular weight is 251 g/mol. The fraction of sp³-hybridized carbons (Fsp3) is 0.385. The molecule has 5 heteroatoms. The van der Waals surface area contributed by atoms with Crippen LogP contribution in [-0.2, 0) is 16.0 Å². The molecule has 1 aromatic rings. The molecule has 0 fully saturated rings. The van der Waals surface area contributed by atoms with E-state index in [2.05, 4.69) is 5.32 Å². The van der Waals surface area contributed by atoms with E-state index >= 15 is 0 Å². The first-order valence-electron chi connectivity index (χ1n) is 5.75. The van der Waals surface area contributed by atoms with Crippen molar-refractivity contribution in [3.05, 3.63) is 29.8 Å². The highest BCUT2D eigenvalue weighted by Gasteiger charge is 2.19. The number of benzene rings is 1. The molecule has 0 aromatic heterocycles. The van der Waals surface area contributed by atoms with Crippen molar-refractivity contribution < 1.29 is 19.4 Å². The lowest BCUT2D eigenvalue weighted by Gasteiger charge is -2.16. The minimum Gasteiger partial charge on any atom is -0.491 e. The highest BCUT2D eigenvalue weighted by atomic mass is 16.5. The Hall–Kier alpha value is -2.04. The number of carbonyl (C=O) groups excluding carboxylic acids is 1. The largest absolute Gasteiger partial charge is 0.491 e. The maximum atomic E-state index is 10.9. The molecule has 98 valence electrons. The second-order valence-electron chi connectivity index (χ2n) is 3.86. The third-order valence-electron chi connectivity index (χ3n) is 2.43. The van der Waals surface area contributed by atoms with Gasteiger partial charge in [0, 0.05) is 6.92 Å². The molecule has 5 nitrogen and oxygen atoms in total. The van der Waals surface area contributed by atoms with Crippen molar-refractivity contribution in [1.82, 2.24) is 5.32 Å². The van der Waals surface area contributed by atoms with Crippen LogP contribution in [0.25, 0.3) is 0 Å². The van der Waals surface area contributed by atoms with Gasteiger partial charge in [0.05, 0.1) is 0 Å². The first-order chi connectivity index (χ1) is 8.54. The molecule has 0 aliphatic carbocycles. The molecule has 0 aliphatic rings. The van der Waals surface area contributed by atoms with Crippen molar-refractivity contribution in [3.8, 4) is 5.75 Å². The molecule has 0 saturated carbocycles. The number of aliphatic carboxylic acids is 1. The molecule has 0 bridgehead atoms. The lowest BCUT2D eigenvalue weighted by Crippen LogP contribution is -2.43. The van der Waals surface area contributed by atoms with Gasteiger partial charge in [-0.1, -0.05) is 25.1 Å². The Balaban J connectivity index is 2.66. The number of carboxylic acid groups (broad SMARTS) is 1. The van der Waals surface area contributed by atoms with E-state index in [1.807, 2.05) is 25.1 Å². The zero-order valence-electron chi connectivity index (χ0n) is 10.5. The summed E-state index contributed by atoms with van der Waals surface area (Å²) in [5, 5.41) is 11.3. The summed E-state index contributed by atoms with van der Waals surface area (Å²) >= 11 is 0. The summed E-state index contributed by atoms with van der Waals surface area (Å²) in [5.41, 5.74) is 1.00. The Bertz CT molecular complexity index is 431. The van der Waals surface area contributed by atoms with Crippen LogP contribution in [0.1, 0.15) is 19.4 Å². The summed E-state index contributed by atoms with van der Waals surface area (Å²) in [4.78, 5) is 21.8. The van der Waals surface area contributed by atoms with Crippen molar-refractivity contribution in [3.63, 3.8) is 0 Å². The summed E-state index contributed by atoms with van der Waals surface area (Å²) in [6.45, 7) is 3.17. The highest BCUT2D eigenvalue weighted by molar-refractivity contribution is 5.82. The van der Waals surface area contributed by atoms with Gasteiger partial charge in [0.2, 0.25) is 5.91 Å². The van der Waals surface area contributed by atoms with Gasteiger partial charge in [-0.15, -0.1) is 0 Å².